The first-order valence-electron chi connectivity index (χ1n) is 9.20. The molecule has 0 fully saturated rings. The SMILES string of the molecule is CC[C@H](C(=O)NC[C@H]1COc2ccccc2O1)N(c1ccc(Cl)cc1)S(C)(=O)=O. The highest BCUT2D eigenvalue weighted by Gasteiger charge is 2.32. The van der Waals surface area contributed by atoms with Crippen LogP contribution in [-0.2, 0) is 14.8 Å². The second-order valence-electron chi connectivity index (χ2n) is 6.70. The van der Waals surface area contributed by atoms with E-state index in [2.05, 4.69) is 5.32 Å². The van der Waals surface area contributed by atoms with E-state index in [0.717, 1.165) is 10.6 Å². The number of benzene rings is 2. The molecule has 1 aliphatic rings. The second kappa shape index (κ2) is 8.92. The van der Waals surface area contributed by atoms with Gasteiger partial charge in [-0.05, 0) is 42.8 Å². The summed E-state index contributed by atoms with van der Waals surface area (Å²) in [4.78, 5) is 12.9. The lowest BCUT2D eigenvalue weighted by molar-refractivity contribution is -0.122. The minimum atomic E-state index is -3.70. The Morgan fingerprint density at radius 3 is 2.48 bits per heavy atom. The molecule has 1 aliphatic heterocycles. The van der Waals surface area contributed by atoms with E-state index in [-0.39, 0.29) is 12.6 Å². The molecule has 2 aromatic rings. The molecule has 0 saturated heterocycles. The normalized spacial score (nSPS) is 16.7. The number of nitrogens with one attached hydrogen (secondary N) is 1. The maximum atomic E-state index is 12.9. The van der Waals surface area contributed by atoms with E-state index in [1.165, 1.54) is 0 Å². The summed E-state index contributed by atoms with van der Waals surface area (Å²) in [5, 5.41) is 3.27. The van der Waals surface area contributed by atoms with E-state index in [4.69, 9.17) is 21.1 Å². The van der Waals surface area contributed by atoms with Crippen LogP contribution in [0.25, 0.3) is 0 Å². The predicted octanol–water partition coefficient (Wildman–Crippen LogP) is 2.84. The Kier molecular flexibility index (Phi) is 6.54. The highest BCUT2D eigenvalue weighted by molar-refractivity contribution is 7.92. The third-order valence-corrected chi connectivity index (χ3v) is 5.91. The largest absolute Gasteiger partial charge is 0.486 e. The van der Waals surface area contributed by atoms with Crippen LogP contribution in [0, 0.1) is 0 Å². The first kappa shape index (κ1) is 21.3. The molecule has 0 spiro atoms. The maximum Gasteiger partial charge on any atom is 0.244 e. The fourth-order valence-corrected chi connectivity index (χ4v) is 4.48. The molecule has 2 atom stereocenters. The molecule has 1 heterocycles. The molecule has 0 unspecified atom stereocenters. The van der Waals surface area contributed by atoms with Gasteiger partial charge in [-0.3, -0.25) is 9.10 Å². The van der Waals surface area contributed by atoms with Gasteiger partial charge in [0.2, 0.25) is 15.9 Å². The van der Waals surface area contributed by atoms with Crippen molar-refractivity contribution < 1.29 is 22.7 Å². The van der Waals surface area contributed by atoms with Crippen LogP contribution in [-0.4, -0.2) is 45.9 Å². The standard InChI is InChI=1S/C20H23ClN2O5S/c1-3-17(23(29(2,25)26)15-10-8-14(21)9-11-15)20(24)22-12-16-13-27-18-6-4-5-7-19(18)28-16/h4-11,16-17H,3,12-13H2,1-2H3,(H,22,24)/t16-,17+/m0/s1. The van der Waals surface area contributed by atoms with E-state index in [0.29, 0.717) is 35.2 Å². The van der Waals surface area contributed by atoms with Gasteiger partial charge in [0.15, 0.2) is 11.5 Å². The lowest BCUT2D eigenvalue weighted by Gasteiger charge is -2.31. The average Bonchev–Trinajstić information content (AvgIpc) is 2.70. The van der Waals surface area contributed by atoms with Gasteiger partial charge in [0.1, 0.15) is 18.8 Å². The Labute approximate surface area is 175 Å². The Morgan fingerprint density at radius 2 is 1.86 bits per heavy atom. The van der Waals surface area contributed by atoms with Crippen molar-refractivity contribution >= 4 is 33.2 Å². The third kappa shape index (κ3) is 5.13. The summed E-state index contributed by atoms with van der Waals surface area (Å²) < 4.78 is 37.5. The predicted molar refractivity (Wildman–Crippen MR) is 112 cm³/mol. The number of rotatable bonds is 7. The van der Waals surface area contributed by atoms with Crippen LogP contribution in [0.1, 0.15) is 13.3 Å². The number of nitrogens with zero attached hydrogens (tertiary/aromatic N) is 1. The Morgan fingerprint density at radius 1 is 1.21 bits per heavy atom. The van der Waals surface area contributed by atoms with Crippen molar-refractivity contribution in [2.45, 2.75) is 25.5 Å². The molecule has 3 rings (SSSR count). The molecular formula is C20H23ClN2O5S. The first-order chi connectivity index (χ1) is 13.8. The number of anilines is 1. The summed E-state index contributed by atoms with van der Waals surface area (Å²) in [5.74, 6) is 0.867. The molecule has 7 nitrogen and oxygen atoms in total. The topological polar surface area (TPSA) is 84.9 Å². The number of fused-ring (bicyclic) bond motifs is 1. The van der Waals surface area contributed by atoms with Crippen molar-refractivity contribution in [2.75, 3.05) is 23.7 Å². The molecule has 1 amide bonds. The number of hydrogen-bond donors (Lipinski definition) is 1. The number of sulfonamides is 1. The summed E-state index contributed by atoms with van der Waals surface area (Å²) in [6, 6.07) is 12.7. The average molecular weight is 439 g/mol. The molecule has 0 bridgehead atoms. The summed E-state index contributed by atoms with van der Waals surface area (Å²) in [6.45, 7) is 2.25. The van der Waals surface area contributed by atoms with Crippen molar-refractivity contribution in [3.05, 3.63) is 53.6 Å². The lowest BCUT2D eigenvalue weighted by atomic mass is 10.2. The Hall–Kier alpha value is -2.45. The minimum absolute atomic E-state index is 0.196. The number of amides is 1. The molecular weight excluding hydrogens is 416 g/mol. The van der Waals surface area contributed by atoms with E-state index >= 15 is 0 Å². The molecule has 1 N–H and O–H groups in total. The highest BCUT2D eigenvalue weighted by atomic mass is 35.5. The number of carbonyl (C=O) groups excluding carboxylic acids is 1. The summed E-state index contributed by atoms with van der Waals surface area (Å²) in [5.41, 5.74) is 0.380. The van der Waals surface area contributed by atoms with Gasteiger partial charge in [-0.1, -0.05) is 30.7 Å². The van der Waals surface area contributed by atoms with Gasteiger partial charge in [0.05, 0.1) is 18.5 Å². The molecule has 9 heteroatoms. The van der Waals surface area contributed by atoms with Crippen LogP contribution in [0.15, 0.2) is 48.5 Å². The number of hydrogen-bond acceptors (Lipinski definition) is 5. The van der Waals surface area contributed by atoms with Crippen LogP contribution in [0.4, 0.5) is 5.69 Å². The fourth-order valence-electron chi connectivity index (χ4n) is 3.14. The fraction of sp³-hybridized carbons (Fsp3) is 0.350. The summed E-state index contributed by atoms with van der Waals surface area (Å²) in [6.07, 6.45) is 1.01. The molecule has 29 heavy (non-hydrogen) atoms. The summed E-state index contributed by atoms with van der Waals surface area (Å²) in [7, 11) is -3.70. The van der Waals surface area contributed by atoms with Crippen molar-refractivity contribution in [1.82, 2.24) is 5.32 Å². The monoisotopic (exact) mass is 438 g/mol. The van der Waals surface area contributed by atoms with Crippen LogP contribution < -0.4 is 19.1 Å². The molecule has 0 saturated carbocycles. The van der Waals surface area contributed by atoms with Gasteiger partial charge < -0.3 is 14.8 Å². The third-order valence-electron chi connectivity index (χ3n) is 4.48. The van der Waals surface area contributed by atoms with E-state index in [9.17, 15) is 13.2 Å². The van der Waals surface area contributed by atoms with Gasteiger partial charge >= 0.3 is 0 Å². The van der Waals surface area contributed by atoms with Gasteiger partial charge in [-0.2, -0.15) is 0 Å². The van der Waals surface area contributed by atoms with Crippen molar-refractivity contribution in [1.29, 1.82) is 0 Å². The van der Waals surface area contributed by atoms with Gasteiger partial charge in [-0.25, -0.2) is 8.42 Å². The zero-order valence-corrected chi connectivity index (χ0v) is 17.7. The smallest absolute Gasteiger partial charge is 0.244 e. The van der Waals surface area contributed by atoms with E-state index < -0.39 is 22.0 Å². The molecule has 156 valence electrons. The van der Waals surface area contributed by atoms with Gasteiger partial charge in [0, 0.05) is 5.02 Å². The molecule has 0 aromatic heterocycles. The molecule has 2 aromatic carbocycles. The van der Waals surface area contributed by atoms with Crippen molar-refractivity contribution in [2.24, 2.45) is 0 Å². The number of carbonyl (C=O) groups is 1. The zero-order valence-electron chi connectivity index (χ0n) is 16.2. The zero-order chi connectivity index (χ0) is 21.0. The quantitative estimate of drug-likeness (QED) is 0.718. The van der Waals surface area contributed by atoms with Crippen LogP contribution in [0.3, 0.4) is 0 Å². The molecule has 0 radical (unpaired) electrons. The number of ether oxygens (including phenoxy) is 2. The minimum Gasteiger partial charge on any atom is -0.486 e. The van der Waals surface area contributed by atoms with Gasteiger partial charge in [-0.15, -0.1) is 0 Å². The Bertz CT molecular complexity index is 965. The van der Waals surface area contributed by atoms with Crippen LogP contribution >= 0.6 is 11.6 Å². The van der Waals surface area contributed by atoms with Crippen LogP contribution in [0.5, 0.6) is 11.5 Å². The lowest BCUT2D eigenvalue weighted by Crippen LogP contribution is -2.51. The number of para-hydroxylation sites is 2. The van der Waals surface area contributed by atoms with E-state index in [1.54, 1.807) is 37.3 Å². The summed E-state index contributed by atoms with van der Waals surface area (Å²) >= 11 is 5.91. The van der Waals surface area contributed by atoms with Gasteiger partial charge in [0.25, 0.3) is 0 Å². The first-order valence-corrected chi connectivity index (χ1v) is 11.4. The van der Waals surface area contributed by atoms with Crippen molar-refractivity contribution in [3.63, 3.8) is 0 Å². The highest BCUT2D eigenvalue weighted by Crippen LogP contribution is 2.30. The van der Waals surface area contributed by atoms with E-state index in [1.807, 2.05) is 18.2 Å². The number of halogens is 1. The Balaban J connectivity index is 1.71. The van der Waals surface area contributed by atoms with Crippen molar-refractivity contribution in [3.8, 4) is 11.5 Å². The van der Waals surface area contributed by atoms with Crippen LogP contribution in [0.2, 0.25) is 5.02 Å². The maximum absolute atomic E-state index is 12.9. The molecule has 0 aliphatic carbocycles. The second-order valence-corrected chi connectivity index (χ2v) is 9.00.